The van der Waals surface area contributed by atoms with Gasteiger partial charge in [-0.05, 0) is 98.4 Å². The number of hydrogen-bond acceptors (Lipinski definition) is 4. The molecule has 1 aromatic carbocycles. The van der Waals surface area contributed by atoms with Gasteiger partial charge in [0.15, 0.2) is 0 Å². The summed E-state index contributed by atoms with van der Waals surface area (Å²) in [7, 11) is 0. The molecule has 7 heteroatoms. The van der Waals surface area contributed by atoms with Crippen molar-refractivity contribution in [2.45, 2.75) is 69.2 Å². The zero-order valence-corrected chi connectivity index (χ0v) is 21.3. The number of carbonyl (C=O) groups is 2. The van der Waals surface area contributed by atoms with E-state index in [4.69, 9.17) is 5.73 Å². The molecule has 5 aliphatic rings. The number of amides is 2. The predicted molar refractivity (Wildman–Crippen MR) is 140 cm³/mol. The highest BCUT2D eigenvalue weighted by Crippen LogP contribution is 2.63. The monoisotopic (exact) mass is 504 g/mol. The van der Waals surface area contributed by atoms with Crippen LogP contribution in [0.4, 0.5) is 10.1 Å². The minimum absolute atomic E-state index is 0.0177. The summed E-state index contributed by atoms with van der Waals surface area (Å²) in [6.45, 7) is 0.445. The highest BCUT2D eigenvalue weighted by Gasteiger charge is 2.59. The van der Waals surface area contributed by atoms with E-state index in [0.29, 0.717) is 30.2 Å². The molecular formula is C30H37FN4O2. The molecule has 7 rings (SSSR count). The van der Waals surface area contributed by atoms with E-state index in [9.17, 15) is 14.0 Å². The first kappa shape index (κ1) is 24.5. The lowest BCUT2D eigenvalue weighted by atomic mass is 9.45. The first-order valence-corrected chi connectivity index (χ1v) is 13.9. The molecule has 2 unspecified atom stereocenters. The van der Waals surface area contributed by atoms with Gasteiger partial charge in [-0.3, -0.25) is 14.6 Å². The summed E-state index contributed by atoms with van der Waals surface area (Å²) in [6, 6.07) is 9.95. The lowest BCUT2D eigenvalue weighted by molar-refractivity contribution is -0.149. The maximum absolute atomic E-state index is 13.5. The molecule has 2 aromatic rings. The molecule has 1 heterocycles. The molecule has 3 atom stereocenters. The van der Waals surface area contributed by atoms with Crippen molar-refractivity contribution >= 4 is 17.5 Å². The van der Waals surface area contributed by atoms with E-state index in [1.807, 2.05) is 12.1 Å². The van der Waals surface area contributed by atoms with Crippen molar-refractivity contribution in [3.63, 3.8) is 0 Å². The number of nitrogens with zero attached hydrogens (tertiary/aromatic N) is 1. The van der Waals surface area contributed by atoms with Crippen molar-refractivity contribution in [1.82, 2.24) is 10.3 Å². The molecule has 5 fully saturated rings. The van der Waals surface area contributed by atoms with E-state index < -0.39 is 5.41 Å². The van der Waals surface area contributed by atoms with Crippen molar-refractivity contribution in [3.8, 4) is 0 Å². The zero-order valence-electron chi connectivity index (χ0n) is 21.3. The molecule has 4 N–H and O–H groups in total. The van der Waals surface area contributed by atoms with Gasteiger partial charge >= 0.3 is 0 Å². The van der Waals surface area contributed by atoms with Crippen molar-refractivity contribution in [3.05, 3.63) is 60.2 Å². The number of hydrogen-bond donors (Lipinski definition) is 3. The Morgan fingerprint density at radius 2 is 1.62 bits per heavy atom. The summed E-state index contributed by atoms with van der Waals surface area (Å²) in [5.74, 6) is 1.61. The molecule has 5 aliphatic carbocycles. The van der Waals surface area contributed by atoms with Crippen LogP contribution in [-0.4, -0.2) is 29.4 Å². The van der Waals surface area contributed by atoms with Gasteiger partial charge in [-0.2, -0.15) is 0 Å². The molecule has 2 amide bonds. The van der Waals surface area contributed by atoms with E-state index in [1.54, 1.807) is 24.5 Å². The third-order valence-electron chi connectivity index (χ3n) is 10.0. The Bertz CT molecular complexity index is 1130. The van der Waals surface area contributed by atoms with Crippen LogP contribution >= 0.6 is 0 Å². The fourth-order valence-electron chi connectivity index (χ4n) is 8.65. The van der Waals surface area contributed by atoms with Gasteiger partial charge in [-0.1, -0.05) is 25.0 Å². The summed E-state index contributed by atoms with van der Waals surface area (Å²) in [5.41, 5.74) is 7.62. The normalized spacial score (nSPS) is 32.2. The van der Waals surface area contributed by atoms with Gasteiger partial charge in [0.1, 0.15) is 5.82 Å². The lowest BCUT2D eigenvalue weighted by Gasteiger charge is -2.60. The van der Waals surface area contributed by atoms with Gasteiger partial charge in [-0.25, -0.2) is 4.39 Å². The minimum Gasteiger partial charge on any atom is -0.354 e. The predicted octanol–water partition coefficient (Wildman–Crippen LogP) is 4.56. The standard InChI is InChI=1S/C30H37FN4O2/c31-23-5-3-22(4-6-23)30(9-1-2-10-30)28(37)34-18-25(32)26-20-13-19-14-21(26)17-29(15-19,16-20)27(36)35-24-7-11-33-12-8-24/h3-8,11-12,19-21,25-26H,1-2,9-10,13-18,32H2,(H,34,37)(H,33,35,36)/t19?,20?,21?,25-,26?,29?/m1/s1. The maximum Gasteiger partial charge on any atom is 0.230 e. The van der Waals surface area contributed by atoms with Gasteiger partial charge in [0.25, 0.3) is 0 Å². The molecule has 5 saturated carbocycles. The lowest BCUT2D eigenvalue weighted by Crippen LogP contribution is -2.60. The Labute approximate surface area is 218 Å². The Morgan fingerprint density at radius 3 is 2.27 bits per heavy atom. The average molecular weight is 505 g/mol. The average Bonchev–Trinajstić information content (AvgIpc) is 3.39. The molecule has 6 nitrogen and oxygen atoms in total. The fourth-order valence-corrected chi connectivity index (χ4v) is 8.65. The molecule has 1 aromatic heterocycles. The second-order valence-corrected chi connectivity index (χ2v) is 12.2. The number of nitrogens with two attached hydrogens (primary N) is 1. The molecular weight excluding hydrogens is 467 g/mol. The number of benzene rings is 1. The van der Waals surface area contributed by atoms with Gasteiger partial charge in [0.05, 0.1) is 10.8 Å². The number of aromatic nitrogens is 1. The third-order valence-corrected chi connectivity index (χ3v) is 10.0. The van der Waals surface area contributed by atoms with Gasteiger partial charge in [0.2, 0.25) is 11.8 Å². The molecule has 0 saturated heterocycles. The van der Waals surface area contributed by atoms with Crippen LogP contribution < -0.4 is 16.4 Å². The molecule has 0 aliphatic heterocycles. The van der Waals surface area contributed by atoms with Gasteiger partial charge in [0, 0.05) is 30.7 Å². The van der Waals surface area contributed by atoms with Gasteiger partial charge < -0.3 is 16.4 Å². The number of nitrogens with one attached hydrogen (secondary N) is 2. The SMILES string of the molecule is N[C@H](CNC(=O)C1(c2ccc(F)cc2)CCCC1)C1C2CC3CC1CC(C(=O)Nc1ccncc1)(C3)C2. The summed E-state index contributed by atoms with van der Waals surface area (Å²) >= 11 is 0. The number of anilines is 1. The first-order valence-electron chi connectivity index (χ1n) is 13.9. The second-order valence-electron chi connectivity index (χ2n) is 12.2. The third kappa shape index (κ3) is 4.35. The first-order chi connectivity index (χ1) is 17.9. The highest BCUT2D eigenvalue weighted by atomic mass is 19.1. The van der Waals surface area contributed by atoms with Crippen molar-refractivity contribution in [2.24, 2.45) is 34.8 Å². The topological polar surface area (TPSA) is 97.1 Å². The molecule has 4 bridgehead atoms. The number of halogens is 1. The maximum atomic E-state index is 13.5. The molecule has 0 radical (unpaired) electrons. The van der Waals surface area contributed by atoms with E-state index >= 15 is 0 Å². The summed E-state index contributed by atoms with van der Waals surface area (Å²) < 4.78 is 13.5. The van der Waals surface area contributed by atoms with Crippen LogP contribution in [0.25, 0.3) is 0 Å². The quantitative estimate of drug-likeness (QED) is 0.515. The van der Waals surface area contributed by atoms with Crippen LogP contribution in [0.5, 0.6) is 0 Å². The number of rotatable bonds is 7. The van der Waals surface area contributed by atoms with E-state index in [2.05, 4.69) is 15.6 Å². The minimum atomic E-state index is -0.591. The summed E-state index contributed by atoms with van der Waals surface area (Å²) in [6.07, 6.45) is 11.9. The summed E-state index contributed by atoms with van der Waals surface area (Å²) in [4.78, 5) is 31.0. The van der Waals surface area contributed by atoms with Crippen LogP contribution in [0, 0.1) is 34.9 Å². The largest absolute Gasteiger partial charge is 0.354 e. The van der Waals surface area contributed by atoms with Crippen molar-refractivity contribution in [2.75, 3.05) is 11.9 Å². The van der Waals surface area contributed by atoms with E-state index in [0.717, 1.165) is 69.0 Å². The van der Waals surface area contributed by atoms with Crippen LogP contribution in [0.15, 0.2) is 48.8 Å². The van der Waals surface area contributed by atoms with E-state index in [1.165, 1.54) is 12.1 Å². The molecule has 37 heavy (non-hydrogen) atoms. The van der Waals surface area contributed by atoms with Crippen LogP contribution in [-0.2, 0) is 15.0 Å². The molecule has 196 valence electrons. The van der Waals surface area contributed by atoms with Gasteiger partial charge in [-0.15, -0.1) is 0 Å². The van der Waals surface area contributed by atoms with Crippen LogP contribution in [0.3, 0.4) is 0 Å². The highest BCUT2D eigenvalue weighted by molar-refractivity contribution is 5.95. The smallest absolute Gasteiger partial charge is 0.230 e. The van der Waals surface area contributed by atoms with Crippen molar-refractivity contribution in [1.29, 1.82) is 0 Å². The van der Waals surface area contributed by atoms with Crippen molar-refractivity contribution < 1.29 is 14.0 Å². The Morgan fingerprint density at radius 1 is 0.973 bits per heavy atom. The van der Waals surface area contributed by atoms with Crippen LogP contribution in [0.2, 0.25) is 0 Å². The zero-order chi connectivity index (χ0) is 25.6. The van der Waals surface area contributed by atoms with Crippen LogP contribution in [0.1, 0.15) is 63.4 Å². The fraction of sp³-hybridized carbons (Fsp3) is 0.567. The Kier molecular flexibility index (Phi) is 6.30. The Hall–Kier alpha value is -2.80. The second kappa shape index (κ2) is 9.50. The number of carbonyl (C=O) groups excluding carboxylic acids is 2. The summed E-state index contributed by atoms with van der Waals surface area (Å²) in [5, 5.41) is 6.36. The Balaban J connectivity index is 1.12. The van der Waals surface area contributed by atoms with E-state index in [-0.39, 0.29) is 29.1 Å². The number of pyridine rings is 1. The molecule has 0 spiro atoms.